The second-order valence-corrected chi connectivity index (χ2v) is 9.04. The number of hydrogen-bond acceptors (Lipinski definition) is 7. The van der Waals surface area contributed by atoms with Crippen LogP contribution in [0, 0.1) is 13.8 Å². The Kier molecular flexibility index (Phi) is 6.87. The number of benzene rings is 1. The maximum absolute atomic E-state index is 12.4. The highest BCUT2D eigenvalue weighted by atomic mass is 32.2. The molecule has 0 saturated heterocycles. The van der Waals surface area contributed by atoms with Gasteiger partial charge in [-0.05, 0) is 31.5 Å². The lowest BCUT2D eigenvalue weighted by Gasteiger charge is -2.07. The Morgan fingerprint density at radius 1 is 1.28 bits per heavy atom. The monoisotopic (exact) mass is 465 g/mol. The molecule has 0 spiro atoms. The zero-order valence-corrected chi connectivity index (χ0v) is 19.5. The molecule has 0 aliphatic rings. The van der Waals surface area contributed by atoms with Gasteiger partial charge in [0.1, 0.15) is 10.8 Å². The maximum Gasteiger partial charge on any atom is 0.231 e. The summed E-state index contributed by atoms with van der Waals surface area (Å²) in [5.41, 5.74) is 3.69. The van der Waals surface area contributed by atoms with E-state index >= 15 is 0 Å². The number of furan rings is 1. The van der Waals surface area contributed by atoms with Crippen LogP contribution in [0.25, 0.3) is 11.4 Å². The highest BCUT2D eigenvalue weighted by molar-refractivity contribution is 7.98. The molecule has 1 N–H and O–H groups in total. The van der Waals surface area contributed by atoms with Gasteiger partial charge in [0.05, 0.1) is 23.9 Å². The van der Waals surface area contributed by atoms with Crippen LogP contribution in [0.1, 0.15) is 22.0 Å². The molecular formula is C23H23N5O2S2. The molecule has 4 aromatic rings. The van der Waals surface area contributed by atoms with Gasteiger partial charge in [-0.25, -0.2) is 4.98 Å². The number of amides is 1. The molecule has 7 nitrogen and oxygen atoms in total. The number of carbonyl (C=O) groups excluding carboxylic acids is 1. The summed E-state index contributed by atoms with van der Waals surface area (Å²) in [6, 6.07) is 9.62. The van der Waals surface area contributed by atoms with Gasteiger partial charge in [-0.15, -0.1) is 28.1 Å². The number of nitrogens with one attached hydrogen (secondary N) is 1. The quantitative estimate of drug-likeness (QED) is 0.268. The average molecular weight is 466 g/mol. The number of para-hydroxylation sites is 1. The van der Waals surface area contributed by atoms with Gasteiger partial charge in [0.25, 0.3) is 0 Å². The fourth-order valence-corrected chi connectivity index (χ4v) is 4.92. The Morgan fingerprint density at radius 3 is 2.88 bits per heavy atom. The molecule has 1 amide bonds. The van der Waals surface area contributed by atoms with E-state index in [2.05, 4.69) is 27.1 Å². The van der Waals surface area contributed by atoms with Crippen molar-refractivity contribution in [2.75, 3.05) is 5.32 Å². The highest BCUT2D eigenvalue weighted by Crippen LogP contribution is 2.29. The minimum atomic E-state index is -0.0706. The third-order valence-electron chi connectivity index (χ3n) is 4.81. The van der Waals surface area contributed by atoms with E-state index in [4.69, 9.17) is 4.42 Å². The lowest BCUT2D eigenvalue weighted by Crippen LogP contribution is -2.15. The summed E-state index contributed by atoms with van der Waals surface area (Å²) < 4.78 is 7.43. The molecule has 164 valence electrons. The molecule has 0 saturated carbocycles. The van der Waals surface area contributed by atoms with Crippen molar-refractivity contribution < 1.29 is 9.21 Å². The fraction of sp³-hybridized carbons (Fsp3) is 0.217. The van der Waals surface area contributed by atoms with Gasteiger partial charge in [-0.2, -0.15) is 0 Å². The third kappa shape index (κ3) is 5.00. The smallest absolute Gasteiger partial charge is 0.231 e. The van der Waals surface area contributed by atoms with Crippen LogP contribution in [0.4, 0.5) is 5.69 Å². The van der Waals surface area contributed by atoms with Crippen LogP contribution < -0.4 is 5.32 Å². The highest BCUT2D eigenvalue weighted by Gasteiger charge is 2.17. The molecule has 32 heavy (non-hydrogen) atoms. The topological polar surface area (TPSA) is 85.8 Å². The van der Waals surface area contributed by atoms with E-state index in [0.717, 1.165) is 44.3 Å². The van der Waals surface area contributed by atoms with E-state index in [9.17, 15) is 4.79 Å². The SMILES string of the molecule is C=CCn1c(SCc2csc(CC(=O)Nc3ccccc3C)n2)nnc1-c1ccoc1C. The standard InChI is InChI=1S/C23H23N5O2S2/c1-4-10-28-22(18-9-11-30-16(18)3)26-27-23(28)32-14-17-13-31-21(24-17)12-20(29)25-19-8-6-5-7-15(19)2/h4-9,11,13H,1,10,12,14H2,2-3H3,(H,25,29). The van der Waals surface area contributed by atoms with Crippen molar-refractivity contribution in [3.63, 3.8) is 0 Å². The number of anilines is 1. The van der Waals surface area contributed by atoms with Crippen molar-refractivity contribution in [1.82, 2.24) is 19.7 Å². The fourth-order valence-electron chi connectivity index (χ4n) is 3.19. The molecule has 0 atom stereocenters. The molecule has 0 aliphatic heterocycles. The molecule has 0 aliphatic carbocycles. The first-order valence-electron chi connectivity index (χ1n) is 10.0. The molecule has 4 rings (SSSR count). The Hall–Kier alpha value is -3.17. The van der Waals surface area contributed by atoms with Crippen LogP contribution >= 0.6 is 23.1 Å². The molecule has 9 heteroatoms. The second kappa shape index (κ2) is 9.97. The third-order valence-corrected chi connectivity index (χ3v) is 6.71. The van der Waals surface area contributed by atoms with Crippen molar-refractivity contribution in [3.05, 3.63) is 76.7 Å². The number of rotatable bonds is 9. The minimum Gasteiger partial charge on any atom is -0.469 e. The zero-order chi connectivity index (χ0) is 22.5. The summed E-state index contributed by atoms with van der Waals surface area (Å²) >= 11 is 3.05. The number of thiazole rings is 1. The van der Waals surface area contributed by atoms with Crippen LogP contribution in [0.15, 0.2) is 64.2 Å². The molecule has 3 aromatic heterocycles. The Bertz CT molecular complexity index is 1240. The van der Waals surface area contributed by atoms with Crippen molar-refractivity contribution in [2.24, 2.45) is 0 Å². The van der Waals surface area contributed by atoms with Gasteiger partial charge in [0.2, 0.25) is 5.91 Å². The maximum atomic E-state index is 12.4. The summed E-state index contributed by atoms with van der Waals surface area (Å²) in [6.45, 7) is 8.32. The van der Waals surface area contributed by atoms with Gasteiger partial charge in [0, 0.05) is 23.4 Å². The van der Waals surface area contributed by atoms with E-state index < -0.39 is 0 Å². The van der Waals surface area contributed by atoms with Gasteiger partial charge in [-0.3, -0.25) is 9.36 Å². The lowest BCUT2D eigenvalue weighted by molar-refractivity contribution is -0.115. The predicted molar refractivity (Wildman–Crippen MR) is 128 cm³/mol. The zero-order valence-electron chi connectivity index (χ0n) is 17.9. The average Bonchev–Trinajstić information content (AvgIpc) is 3.49. The van der Waals surface area contributed by atoms with Gasteiger partial charge >= 0.3 is 0 Å². The first-order chi connectivity index (χ1) is 15.5. The normalized spacial score (nSPS) is 10.9. The van der Waals surface area contributed by atoms with E-state index in [0.29, 0.717) is 12.3 Å². The number of carbonyl (C=O) groups is 1. The molecular weight excluding hydrogens is 442 g/mol. The summed E-state index contributed by atoms with van der Waals surface area (Å²) in [7, 11) is 0. The van der Waals surface area contributed by atoms with Crippen LogP contribution in [-0.4, -0.2) is 25.7 Å². The van der Waals surface area contributed by atoms with Crippen LogP contribution in [0.3, 0.4) is 0 Å². The van der Waals surface area contributed by atoms with Crippen molar-refractivity contribution in [2.45, 2.75) is 37.7 Å². The van der Waals surface area contributed by atoms with E-state index in [1.807, 2.05) is 60.2 Å². The molecule has 3 heterocycles. The summed E-state index contributed by atoms with van der Waals surface area (Å²) in [5.74, 6) is 2.12. The summed E-state index contributed by atoms with van der Waals surface area (Å²) in [6.07, 6.45) is 3.72. The molecule has 0 fully saturated rings. The Balaban J connectivity index is 1.40. The number of hydrogen-bond donors (Lipinski definition) is 1. The number of nitrogens with zero attached hydrogens (tertiary/aromatic N) is 4. The molecule has 0 unspecified atom stereocenters. The number of aromatic nitrogens is 4. The first-order valence-corrected chi connectivity index (χ1v) is 11.9. The minimum absolute atomic E-state index is 0.0706. The van der Waals surface area contributed by atoms with E-state index in [1.54, 1.807) is 18.0 Å². The van der Waals surface area contributed by atoms with Gasteiger partial charge < -0.3 is 9.73 Å². The van der Waals surface area contributed by atoms with Gasteiger partial charge in [-0.1, -0.05) is 36.0 Å². The van der Waals surface area contributed by atoms with Crippen LogP contribution in [-0.2, 0) is 23.5 Å². The number of aryl methyl sites for hydroxylation is 2. The summed E-state index contributed by atoms with van der Waals surface area (Å²) in [5, 5.41) is 15.2. The van der Waals surface area contributed by atoms with Crippen molar-refractivity contribution in [3.8, 4) is 11.4 Å². The van der Waals surface area contributed by atoms with E-state index in [-0.39, 0.29) is 12.3 Å². The number of allylic oxidation sites excluding steroid dienone is 1. The first kappa shape index (κ1) is 22.0. The lowest BCUT2D eigenvalue weighted by atomic mass is 10.2. The molecule has 1 aromatic carbocycles. The van der Waals surface area contributed by atoms with Gasteiger partial charge in [0.15, 0.2) is 11.0 Å². The summed E-state index contributed by atoms with van der Waals surface area (Å²) in [4.78, 5) is 17.0. The second-order valence-electron chi connectivity index (χ2n) is 7.16. The predicted octanol–water partition coefficient (Wildman–Crippen LogP) is 5.27. The van der Waals surface area contributed by atoms with Crippen LogP contribution in [0.2, 0.25) is 0 Å². The largest absolute Gasteiger partial charge is 0.469 e. The van der Waals surface area contributed by atoms with E-state index in [1.165, 1.54) is 11.3 Å². The molecule has 0 radical (unpaired) electrons. The number of thioether (sulfide) groups is 1. The molecule has 0 bridgehead atoms. The van der Waals surface area contributed by atoms with Crippen LogP contribution in [0.5, 0.6) is 0 Å². The Labute approximate surface area is 194 Å². The van der Waals surface area contributed by atoms with Crippen molar-refractivity contribution in [1.29, 1.82) is 0 Å². The Morgan fingerprint density at radius 2 is 2.12 bits per heavy atom. The van der Waals surface area contributed by atoms with Crippen molar-refractivity contribution >= 4 is 34.7 Å².